The van der Waals surface area contributed by atoms with Crippen LogP contribution < -0.4 is 0 Å². The normalized spacial score (nSPS) is 28.6. The average Bonchev–Trinajstić information content (AvgIpc) is 2.74. The van der Waals surface area contributed by atoms with Crippen LogP contribution in [-0.4, -0.2) is 11.1 Å². The molecular weight excluding hydrogens is 268 g/mol. The van der Waals surface area contributed by atoms with Gasteiger partial charge in [0.1, 0.15) is 0 Å². The minimum atomic E-state index is -0.674. The van der Waals surface area contributed by atoms with Crippen LogP contribution in [0, 0.1) is 17.8 Å². The predicted molar refractivity (Wildman–Crippen MR) is 75.4 cm³/mol. The summed E-state index contributed by atoms with van der Waals surface area (Å²) in [6, 6.07) is 1.87. The molecule has 1 heterocycles. The first-order valence-electron chi connectivity index (χ1n) is 6.46. The summed E-state index contributed by atoms with van der Waals surface area (Å²) >= 11 is 7.78. The van der Waals surface area contributed by atoms with Gasteiger partial charge in [0.15, 0.2) is 0 Å². The van der Waals surface area contributed by atoms with Crippen molar-refractivity contribution in [3.05, 3.63) is 21.3 Å². The van der Waals surface area contributed by atoms with Crippen molar-refractivity contribution < 1.29 is 9.90 Å². The van der Waals surface area contributed by atoms with Crippen LogP contribution in [0.2, 0.25) is 5.02 Å². The molecule has 0 aliphatic heterocycles. The molecule has 1 aromatic heterocycles. The fraction of sp³-hybridized carbons (Fsp3) is 0.643. The Bertz CT molecular complexity index is 427. The predicted octanol–water partition coefficient (Wildman–Crippen LogP) is 4.64. The monoisotopic (exact) mass is 286 g/mol. The summed E-state index contributed by atoms with van der Waals surface area (Å²) in [6.45, 7) is 4.44. The molecule has 1 N–H and O–H groups in total. The highest BCUT2D eigenvalue weighted by Gasteiger charge is 2.38. The SMILES string of the molecule is CC(C)C1CCC(C(=O)O)C(c2sccc2Cl)C1. The Balaban J connectivity index is 2.25. The minimum absolute atomic E-state index is 0.0937. The Morgan fingerprint density at radius 3 is 2.72 bits per heavy atom. The van der Waals surface area contributed by atoms with E-state index in [9.17, 15) is 9.90 Å². The molecular formula is C14H19ClO2S. The highest BCUT2D eigenvalue weighted by Crippen LogP contribution is 2.46. The minimum Gasteiger partial charge on any atom is -0.481 e. The van der Waals surface area contributed by atoms with Crippen LogP contribution in [-0.2, 0) is 4.79 Å². The van der Waals surface area contributed by atoms with E-state index in [0.29, 0.717) is 11.8 Å². The van der Waals surface area contributed by atoms with Crippen LogP contribution in [0.4, 0.5) is 0 Å². The summed E-state index contributed by atoms with van der Waals surface area (Å²) in [7, 11) is 0. The quantitative estimate of drug-likeness (QED) is 0.879. The van der Waals surface area contributed by atoms with Crippen molar-refractivity contribution in [3.63, 3.8) is 0 Å². The van der Waals surface area contributed by atoms with Gasteiger partial charge < -0.3 is 5.11 Å². The van der Waals surface area contributed by atoms with Gasteiger partial charge >= 0.3 is 5.97 Å². The molecule has 1 aliphatic rings. The van der Waals surface area contributed by atoms with Crippen molar-refractivity contribution >= 4 is 28.9 Å². The molecule has 18 heavy (non-hydrogen) atoms. The van der Waals surface area contributed by atoms with Gasteiger partial charge in [-0.05, 0) is 42.5 Å². The van der Waals surface area contributed by atoms with Crippen LogP contribution in [0.3, 0.4) is 0 Å². The lowest BCUT2D eigenvalue weighted by atomic mass is 9.70. The molecule has 2 nitrogen and oxygen atoms in total. The molecule has 3 atom stereocenters. The molecule has 0 radical (unpaired) electrons. The summed E-state index contributed by atoms with van der Waals surface area (Å²) in [5.41, 5.74) is 0. The molecule has 3 unspecified atom stereocenters. The van der Waals surface area contributed by atoms with Gasteiger partial charge in [-0.3, -0.25) is 4.79 Å². The maximum atomic E-state index is 11.4. The van der Waals surface area contributed by atoms with Crippen LogP contribution in [0.1, 0.15) is 43.9 Å². The fourth-order valence-corrected chi connectivity index (χ4v) is 4.34. The molecule has 1 fully saturated rings. The summed E-state index contributed by atoms with van der Waals surface area (Å²) in [6.07, 6.45) is 2.75. The lowest BCUT2D eigenvalue weighted by molar-refractivity contribution is -0.144. The lowest BCUT2D eigenvalue weighted by Gasteiger charge is -2.35. The summed E-state index contributed by atoms with van der Waals surface area (Å²) < 4.78 is 0. The molecule has 0 spiro atoms. The number of rotatable bonds is 3. The molecule has 0 amide bonds. The maximum absolute atomic E-state index is 11.4. The van der Waals surface area contributed by atoms with Crippen molar-refractivity contribution in [2.75, 3.05) is 0 Å². The first kappa shape index (κ1) is 13.9. The van der Waals surface area contributed by atoms with Crippen molar-refractivity contribution in [1.82, 2.24) is 0 Å². The Morgan fingerprint density at radius 1 is 1.50 bits per heavy atom. The van der Waals surface area contributed by atoms with Gasteiger partial charge in [0.25, 0.3) is 0 Å². The smallest absolute Gasteiger partial charge is 0.307 e. The number of aliphatic carboxylic acids is 1. The Hall–Kier alpha value is -0.540. The van der Waals surface area contributed by atoms with E-state index in [1.165, 1.54) is 0 Å². The van der Waals surface area contributed by atoms with Crippen LogP contribution in [0.25, 0.3) is 0 Å². The van der Waals surface area contributed by atoms with Crippen LogP contribution in [0.5, 0.6) is 0 Å². The zero-order valence-electron chi connectivity index (χ0n) is 10.7. The second kappa shape index (κ2) is 5.62. The van der Waals surface area contributed by atoms with Gasteiger partial charge in [-0.2, -0.15) is 0 Å². The third-order valence-electron chi connectivity index (χ3n) is 4.13. The van der Waals surface area contributed by atoms with E-state index in [0.717, 1.165) is 29.2 Å². The number of halogens is 1. The highest BCUT2D eigenvalue weighted by atomic mass is 35.5. The Morgan fingerprint density at radius 2 is 2.22 bits per heavy atom. The van der Waals surface area contributed by atoms with Crippen LogP contribution >= 0.6 is 22.9 Å². The van der Waals surface area contributed by atoms with Crippen molar-refractivity contribution in [3.8, 4) is 0 Å². The number of carboxylic acid groups (broad SMARTS) is 1. The topological polar surface area (TPSA) is 37.3 Å². The molecule has 4 heteroatoms. The highest BCUT2D eigenvalue weighted by molar-refractivity contribution is 7.10. The summed E-state index contributed by atoms with van der Waals surface area (Å²) in [4.78, 5) is 12.5. The number of carbonyl (C=O) groups is 1. The third-order valence-corrected chi connectivity index (χ3v) is 5.62. The zero-order valence-corrected chi connectivity index (χ0v) is 12.3. The largest absolute Gasteiger partial charge is 0.481 e. The number of carboxylic acids is 1. The molecule has 100 valence electrons. The Kier molecular flexibility index (Phi) is 4.33. The zero-order chi connectivity index (χ0) is 13.3. The van der Waals surface area contributed by atoms with E-state index in [-0.39, 0.29) is 11.8 Å². The van der Waals surface area contributed by atoms with E-state index in [1.807, 2.05) is 11.4 Å². The van der Waals surface area contributed by atoms with Gasteiger partial charge in [0.05, 0.1) is 10.9 Å². The second-order valence-corrected chi connectivity index (χ2v) is 6.86. The van der Waals surface area contributed by atoms with Crippen molar-refractivity contribution in [2.45, 2.75) is 39.0 Å². The molecule has 1 aromatic rings. The average molecular weight is 287 g/mol. The first-order chi connectivity index (χ1) is 8.50. The molecule has 0 aromatic carbocycles. The number of hydrogen-bond donors (Lipinski definition) is 1. The summed E-state index contributed by atoms with van der Waals surface area (Å²) in [5.74, 6) is 0.378. The molecule has 1 aliphatic carbocycles. The van der Waals surface area contributed by atoms with Gasteiger partial charge in [0, 0.05) is 10.8 Å². The molecule has 0 bridgehead atoms. The van der Waals surface area contributed by atoms with E-state index < -0.39 is 5.97 Å². The van der Waals surface area contributed by atoms with Gasteiger partial charge in [-0.1, -0.05) is 25.4 Å². The third kappa shape index (κ3) is 2.72. The van der Waals surface area contributed by atoms with E-state index in [1.54, 1.807) is 11.3 Å². The van der Waals surface area contributed by atoms with Gasteiger partial charge in [0.2, 0.25) is 0 Å². The van der Waals surface area contributed by atoms with Gasteiger partial charge in [-0.25, -0.2) is 0 Å². The second-order valence-electron chi connectivity index (χ2n) is 5.50. The van der Waals surface area contributed by atoms with E-state index >= 15 is 0 Å². The van der Waals surface area contributed by atoms with Gasteiger partial charge in [-0.15, -0.1) is 11.3 Å². The molecule has 1 saturated carbocycles. The van der Waals surface area contributed by atoms with E-state index in [4.69, 9.17) is 11.6 Å². The van der Waals surface area contributed by atoms with Crippen molar-refractivity contribution in [1.29, 1.82) is 0 Å². The summed E-state index contributed by atoms with van der Waals surface area (Å²) in [5, 5.41) is 12.1. The van der Waals surface area contributed by atoms with Crippen LogP contribution in [0.15, 0.2) is 11.4 Å². The maximum Gasteiger partial charge on any atom is 0.307 e. The number of hydrogen-bond acceptors (Lipinski definition) is 2. The van der Waals surface area contributed by atoms with E-state index in [2.05, 4.69) is 13.8 Å². The standard InChI is InChI=1S/C14H19ClO2S/c1-8(2)9-3-4-10(14(16)17)11(7-9)13-12(15)5-6-18-13/h5-6,8-11H,3-4,7H2,1-2H3,(H,16,17). The lowest BCUT2D eigenvalue weighted by Crippen LogP contribution is -2.30. The molecule has 2 rings (SSSR count). The Labute approximate surface area is 117 Å². The van der Waals surface area contributed by atoms with Crippen molar-refractivity contribution in [2.24, 2.45) is 17.8 Å². The molecule has 0 saturated heterocycles. The number of thiophene rings is 1. The first-order valence-corrected chi connectivity index (χ1v) is 7.72. The fourth-order valence-electron chi connectivity index (χ4n) is 2.96.